The van der Waals surface area contributed by atoms with Gasteiger partial charge in [0.25, 0.3) is 5.91 Å². The smallest absolute Gasteiger partial charge is 0.274 e. The van der Waals surface area contributed by atoms with Gasteiger partial charge in [-0.3, -0.25) is 14.9 Å². The van der Waals surface area contributed by atoms with Crippen molar-refractivity contribution in [1.29, 1.82) is 0 Å². The third-order valence-electron chi connectivity index (χ3n) is 3.37. The third-order valence-corrected chi connectivity index (χ3v) is 3.37. The Hall–Kier alpha value is -2.28. The summed E-state index contributed by atoms with van der Waals surface area (Å²) in [5, 5.41) is 6.97. The second-order valence-electron chi connectivity index (χ2n) is 4.65. The topological polar surface area (TPSA) is 84.0 Å². The summed E-state index contributed by atoms with van der Waals surface area (Å²) in [5.41, 5.74) is 2.26. The number of H-pyrrole nitrogens is 1. The zero-order valence-corrected chi connectivity index (χ0v) is 11.1. The molecule has 0 radical (unpaired) electrons. The van der Waals surface area contributed by atoms with Crippen molar-refractivity contribution in [2.45, 2.75) is 13.0 Å². The van der Waals surface area contributed by atoms with Gasteiger partial charge in [0, 0.05) is 18.9 Å². The molecule has 3 rings (SSSR count). The molecule has 20 heavy (non-hydrogen) atoms. The van der Waals surface area contributed by atoms with E-state index in [9.17, 15) is 4.79 Å². The molecule has 0 aromatic carbocycles. The molecule has 104 valence electrons. The predicted molar refractivity (Wildman–Crippen MR) is 70.0 cm³/mol. The van der Waals surface area contributed by atoms with Crippen LogP contribution in [-0.4, -0.2) is 50.7 Å². The summed E-state index contributed by atoms with van der Waals surface area (Å²) in [7, 11) is 0. The van der Waals surface area contributed by atoms with Crippen molar-refractivity contribution in [1.82, 2.24) is 25.1 Å². The summed E-state index contributed by atoms with van der Waals surface area (Å²) >= 11 is 0. The van der Waals surface area contributed by atoms with Crippen LogP contribution in [0.4, 0.5) is 0 Å². The zero-order chi connectivity index (χ0) is 13.9. The van der Waals surface area contributed by atoms with E-state index in [-0.39, 0.29) is 11.9 Å². The van der Waals surface area contributed by atoms with E-state index in [2.05, 4.69) is 20.2 Å². The Kier molecular flexibility index (Phi) is 3.42. The fraction of sp³-hybridized carbons (Fsp3) is 0.385. The molecule has 1 aliphatic heterocycles. The number of aromatic nitrogens is 4. The standard InChI is InChI=1S/C13H15N5O2/c1-9-6-16-17-12(9)11-8-20-5-4-18(11)13(19)10-7-14-2-3-15-10/h2-3,6-7,11H,4-5,8H2,1H3,(H,16,17)/t11-/m1/s1. The number of carbonyl (C=O) groups is 1. The first-order valence-corrected chi connectivity index (χ1v) is 6.42. The Labute approximate surface area is 116 Å². The first kappa shape index (κ1) is 12.7. The average molecular weight is 273 g/mol. The largest absolute Gasteiger partial charge is 0.377 e. The summed E-state index contributed by atoms with van der Waals surface area (Å²) in [6.45, 7) is 3.46. The molecule has 2 aromatic rings. The predicted octanol–water partition coefficient (Wildman–Crippen LogP) is 0.722. The SMILES string of the molecule is Cc1cn[nH]c1[C@H]1COCCN1C(=O)c1cnccn1. The number of amides is 1. The lowest BCUT2D eigenvalue weighted by molar-refractivity contribution is -0.00440. The molecule has 1 saturated heterocycles. The van der Waals surface area contributed by atoms with Crippen LogP contribution in [0.1, 0.15) is 27.8 Å². The fourth-order valence-electron chi connectivity index (χ4n) is 2.34. The molecule has 3 heterocycles. The van der Waals surface area contributed by atoms with E-state index in [1.807, 2.05) is 6.92 Å². The van der Waals surface area contributed by atoms with Crippen molar-refractivity contribution in [3.8, 4) is 0 Å². The van der Waals surface area contributed by atoms with Gasteiger partial charge in [0.1, 0.15) is 5.69 Å². The molecule has 1 aliphatic rings. The number of nitrogens with one attached hydrogen (secondary N) is 1. The van der Waals surface area contributed by atoms with Crippen molar-refractivity contribution in [3.05, 3.63) is 41.7 Å². The molecule has 0 aliphatic carbocycles. The van der Waals surface area contributed by atoms with Crippen LogP contribution in [0, 0.1) is 6.92 Å². The Morgan fingerprint density at radius 3 is 3.05 bits per heavy atom. The second kappa shape index (κ2) is 5.38. The second-order valence-corrected chi connectivity index (χ2v) is 4.65. The Morgan fingerprint density at radius 1 is 1.45 bits per heavy atom. The molecule has 0 unspecified atom stereocenters. The van der Waals surface area contributed by atoms with Gasteiger partial charge in [-0.25, -0.2) is 4.98 Å². The van der Waals surface area contributed by atoms with Gasteiger partial charge in [-0.1, -0.05) is 0 Å². The van der Waals surface area contributed by atoms with Gasteiger partial charge < -0.3 is 9.64 Å². The molecule has 0 saturated carbocycles. The molecular weight excluding hydrogens is 258 g/mol. The minimum Gasteiger partial charge on any atom is -0.377 e. The summed E-state index contributed by atoms with van der Waals surface area (Å²) in [4.78, 5) is 22.3. The number of morpholine rings is 1. The van der Waals surface area contributed by atoms with Crippen LogP contribution < -0.4 is 0 Å². The molecule has 1 N–H and O–H groups in total. The molecule has 1 atom stereocenters. The molecule has 7 heteroatoms. The van der Waals surface area contributed by atoms with Crippen LogP contribution in [0.25, 0.3) is 0 Å². The normalized spacial score (nSPS) is 19.1. The highest BCUT2D eigenvalue weighted by molar-refractivity contribution is 5.92. The molecule has 7 nitrogen and oxygen atoms in total. The number of rotatable bonds is 2. The summed E-state index contributed by atoms with van der Waals surface area (Å²) in [6.07, 6.45) is 6.29. The minimum absolute atomic E-state index is 0.139. The van der Waals surface area contributed by atoms with E-state index in [1.54, 1.807) is 17.3 Å². The summed E-state index contributed by atoms with van der Waals surface area (Å²) < 4.78 is 5.50. The summed E-state index contributed by atoms with van der Waals surface area (Å²) in [5.74, 6) is -0.139. The molecule has 0 bridgehead atoms. The maximum absolute atomic E-state index is 12.6. The lowest BCUT2D eigenvalue weighted by atomic mass is 10.1. The number of ether oxygens (including phenoxy) is 1. The van der Waals surface area contributed by atoms with E-state index >= 15 is 0 Å². The lowest BCUT2D eigenvalue weighted by Gasteiger charge is -2.35. The van der Waals surface area contributed by atoms with Gasteiger partial charge in [0.2, 0.25) is 0 Å². The third kappa shape index (κ3) is 2.27. The zero-order valence-electron chi connectivity index (χ0n) is 11.1. The number of hydrogen-bond donors (Lipinski definition) is 1. The highest BCUT2D eigenvalue weighted by atomic mass is 16.5. The number of hydrogen-bond acceptors (Lipinski definition) is 5. The quantitative estimate of drug-likeness (QED) is 0.871. The maximum atomic E-state index is 12.6. The van der Waals surface area contributed by atoms with Gasteiger partial charge >= 0.3 is 0 Å². The molecule has 2 aromatic heterocycles. The molecule has 1 fully saturated rings. The van der Waals surface area contributed by atoms with E-state index in [0.717, 1.165) is 11.3 Å². The monoisotopic (exact) mass is 273 g/mol. The maximum Gasteiger partial charge on any atom is 0.274 e. The van der Waals surface area contributed by atoms with Crippen molar-refractivity contribution < 1.29 is 9.53 Å². The van der Waals surface area contributed by atoms with Gasteiger partial charge in [-0.05, 0) is 12.5 Å². The number of aryl methyl sites for hydroxylation is 1. The summed E-state index contributed by atoms with van der Waals surface area (Å²) in [6, 6.07) is -0.166. The van der Waals surface area contributed by atoms with Gasteiger partial charge in [0.05, 0.1) is 37.3 Å². The first-order chi connectivity index (χ1) is 9.77. The highest BCUT2D eigenvalue weighted by Crippen LogP contribution is 2.26. The molecule has 0 spiro atoms. The number of carbonyl (C=O) groups excluding carboxylic acids is 1. The van der Waals surface area contributed by atoms with E-state index in [0.29, 0.717) is 25.5 Å². The van der Waals surface area contributed by atoms with E-state index < -0.39 is 0 Å². The highest BCUT2D eigenvalue weighted by Gasteiger charge is 2.31. The molecular formula is C13H15N5O2. The van der Waals surface area contributed by atoms with Crippen LogP contribution in [-0.2, 0) is 4.74 Å². The van der Waals surface area contributed by atoms with Crippen molar-refractivity contribution in [3.63, 3.8) is 0 Å². The van der Waals surface area contributed by atoms with Crippen LogP contribution in [0.15, 0.2) is 24.8 Å². The van der Waals surface area contributed by atoms with Crippen LogP contribution >= 0.6 is 0 Å². The molecule has 1 amide bonds. The van der Waals surface area contributed by atoms with Gasteiger partial charge in [0.15, 0.2) is 0 Å². The number of aromatic amines is 1. The van der Waals surface area contributed by atoms with E-state index in [1.165, 1.54) is 12.4 Å². The van der Waals surface area contributed by atoms with Crippen LogP contribution in [0.2, 0.25) is 0 Å². The van der Waals surface area contributed by atoms with Crippen molar-refractivity contribution >= 4 is 5.91 Å². The first-order valence-electron chi connectivity index (χ1n) is 6.42. The van der Waals surface area contributed by atoms with Gasteiger partial charge in [-0.2, -0.15) is 5.10 Å². The van der Waals surface area contributed by atoms with Crippen LogP contribution in [0.3, 0.4) is 0 Å². The average Bonchev–Trinajstić information content (AvgIpc) is 2.93. The Morgan fingerprint density at radius 2 is 2.35 bits per heavy atom. The fourth-order valence-corrected chi connectivity index (χ4v) is 2.34. The van der Waals surface area contributed by atoms with E-state index in [4.69, 9.17) is 4.74 Å². The Balaban J connectivity index is 1.90. The van der Waals surface area contributed by atoms with Crippen molar-refractivity contribution in [2.75, 3.05) is 19.8 Å². The van der Waals surface area contributed by atoms with Crippen molar-refractivity contribution in [2.24, 2.45) is 0 Å². The van der Waals surface area contributed by atoms with Crippen LogP contribution in [0.5, 0.6) is 0 Å². The minimum atomic E-state index is -0.166. The lowest BCUT2D eigenvalue weighted by Crippen LogP contribution is -2.44. The number of nitrogens with zero attached hydrogens (tertiary/aromatic N) is 4. The van der Waals surface area contributed by atoms with Gasteiger partial charge in [-0.15, -0.1) is 0 Å². The Bertz CT molecular complexity index is 598.